The van der Waals surface area contributed by atoms with Crippen LogP contribution in [0.15, 0.2) is 41.5 Å². The molecule has 0 aromatic heterocycles. The second-order valence-electron chi connectivity index (χ2n) is 5.89. The summed E-state index contributed by atoms with van der Waals surface area (Å²) in [5, 5.41) is 2.80. The van der Waals surface area contributed by atoms with E-state index in [0.717, 1.165) is 18.4 Å². The zero-order chi connectivity index (χ0) is 16.4. The lowest BCUT2D eigenvalue weighted by atomic mass is 9.79. The van der Waals surface area contributed by atoms with Crippen molar-refractivity contribution < 1.29 is 14.4 Å². The summed E-state index contributed by atoms with van der Waals surface area (Å²) in [6.45, 7) is 2.06. The molecule has 1 heterocycles. The van der Waals surface area contributed by atoms with Crippen LogP contribution in [0.5, 0.6) is 0 Å². The normalized spacial score (nSPS) is 21.3. The van der Waals surface area contributed by atoms with Crippen molar-refractivity contribution >= 4 is 23.4 Å². The van der Waals surface area contributed by atoms with Crippen LogP contribution in [0.1, 0.15) is 32.6 Å². The Bertz CT molecular complexity index is 679. The van der Waals surface area contributed by atoms with Crippen molar-refractivity contribution in [3.63, 3.8) is 0 Å². The Balaban J connectivity index is 1.94. The molecule has 1 aromatic rings. The molecule has 0 fully saturated rings. The van der Waals surface area contributed by atoms with Crippen LogP contribution in [0.4, 0.5) is 5.69 Å². The third kappa shape index (κ3) is 2.79. The minimum absolute atomic E-state index is 0.212. The van der Waals surface area contributed by atoms with Gasteiger partial charge in [-0.15, -0.1) is 0 Å². The highest BCUT2D eigenvalue weighted by Gasteiger charge is 2.43. The van der Waals surface area contributed by atoms with Gasteiger partial charge in [-0.1, -0.05) is 18.2 Å². The van der Waals surface area contributed by atoms with E-state index in [1.54, 1.807) is 19.1 Å². The van der Waals surface area contributed by atoms with Gasteiger partial charge >= 0.3 is 0 Å². The Morgan fingerprint density at radius 3 is 2.57 bits per heavy atom. The fourth-order valence-electron chi connectivity index (χ4n) is 3.37. The number of amides is 3. The van der Waals surface area contributed by atoms with Gasteiger partial charge in [-0.25, -0.2) is 0 Å². The summed E-state index contributed by atoms with van der Waals surface area (Å²) in [6.07, 6.45) is 3.16. The van der Waals surface area contributed by atoms with Gasteiger partial charge in [0, 0.05) is 17.8 Å². The molecule has 23 heavy (non-hydrogen) atoms. The van der Waals surface area contributed by atoms with Crippen molar-refractivity contribution in [1.29, 1.82) is 0 Å². The highest BCUT2D eigenvalue weighted by Crippen LogP contribution is 2.36. The van der Waals surface area contributed by atoms with Gasteiger partial charge in [0.25, 0.3) is 5.91 Å². The number of likely N-dealkylation sites (N-methyl/N-ethyl adjacent to an activating group) is 1. The van der Waals surface area contributed by atoms with Crippen LogP contribution >= 0.6 is 0 Å². The molecule has 1 atom stereocenters. The number of carbonyl (C=O) groups excluding carboxylic acids is 3. The Hall–Kier alpha value is -2.43. The molecule has 3 amide bonds. The number of imide groups is 1. The monoisotopic (exact) mass is 312 g/mol. The topological polar surface area (TPSA) is 66.5 Å². The molecule has 1 N–H and O–H groups in total. The number of carbonyl (C=O) groups is 3. The smallest absolute Gasteiger partial charge is 0.256 e. The molecular formula is C18H20N2O3. The molecule has 1 aliphatic carbocycles. The fourth-order valence-corrected chi connectivity index (χ4v) is 3.37. The average molecular weight is 312 g/mol. The second kappa shape index (κ2) is 6.36. The summed E-state index contributed by atoms with van der Waals surface area (Å²) < 4.78 is 0. The molecule has 0 saturated heterocycles. The average Bonchev–Trinajstić information content (AvgIpc) is 2.56. The van der Waals surface area contributed by atoms with Crippen LogP contribution in [0.25, 0.3) is 0 Å². The van der Waals surface area contributed by atoms with Crippen LogP contribution in [-0.2, 0) is 14.4 Å². The van der Waals surface area contributed by atoms with Crippen LogP contribution in [0.3, 0.4) is 0 Å². The Kier molecular flexibility index (Phi) is 4.28. The van der Waals surface area contributed by atoms with Gasteiger partial charge in [-0.2, -0.15) is 0 Å². The summed E-state index contributed by atoms with van der Waals surface area (Å²) >= 11 is 0. The first-order chi connectivity index (χ1) is 11.1. The molecule has 0 spiro atoms. The van der Waals surface area contributed by atoms with Gasteiger partial charge in [-0.3, -0.25) is 19.3 Å². The van der Waals surface area contributed by atoms with Gasteiger partial charge < -0.3 is 5.32 Å². The fraction of sp³-hybridized carbons (Fsp3) is 0.389. The van der Waals surface area contributed by atoms with Crippen molar-refractivity contribution in [2.45, 2.75) is 32.6 Å². The van der Waals surface area contributed by atoms with E-state index in [0.29, 0.717) is 30.6 Å². The molecule has 120 valence electrons. The molecule has 0 saturated carbocycles. The van der Waals surface area contributed by atoms with Crippen molar-refractivity contribution in [3.8, 4) is 0 Å². The second-order valence-corrected chi connectivity index (χ2v) is 5.89. The molecule has 5 heteroatoms. The summed E-state index contributed by atoms with van der Waals surface area (Å²) in [5.41, 5.74) is 2.05. The van der Waals surface area contributed by atoms with E-state index in [-0.39, 0.29) is 11.8 Å². The van der Waals surface area contributed by atoms with Crippen molar-refractivity contribution in [2.24, 2.45) is 5.92 Å². The first-order valence-electron chi connectivity index (χ1n) is 8.07. The number of hydrogen-bond donors (Lipinski definition) is 1. The van der Waals surface area contributed by atoms with Crippen LogP contribution in [0.2, 0.25) is 0 Å². The molecule has 3 rings (SSSR count). The third-order valence-corrected chi connectivity index (χ3v) is 4.50. The Labute approximate surface area is 135 Å². The van der Waals surface area contributed by atoms with E-state index >= 15 is 0 Å². The lowest BCUT2D eigenvalue weighted by Gasteiger charge is -2.35. The van der Waals surface area contributed by atoms with E-state index < -0.39 is 11.8 Å². The Morgan fingerprint density at radius 1 is 1.17 bits per heavy atom. The molecule has 5 nitrogen and oxygen atoms in total. The summed E-state index contributed by atoms with van der Waals surface area (Å²) in [7, 11) is 0. The number of nitrogens with zero attached hydrogens (tertiary/aromatic N) is 1. The predicted octanol–water partition coefficient (Wildman–Crippen LogP) is 2.50. The van der Waals surface area contributed by atoms with Crippen LogP contribution in [0, 0.1) is 5.92 Å². The van der Waals surface area contributed by atoms with E-state index in [9.17, 15) is 14.4 Å². The van der Waals surface area contributed by atoms with Crippen molar-refractivity contribution in [3.05, 3.63) is 41.5 Å². The minimum atomic E-state index is -0.872. The first kappa shape index (κ1) is 15.5. The van der Waals surface area contributed by atoms with E-state index in [1.807, 2.05) is 18.2 Å². The number of para-hydroxylation sites is 1. The minimum Gasteiger partial charge on any atom is -0.325 e. The summed E-state index contributed by atoms with van der Waals surface area (Å²) in [6, 6.07) is 9.08. The van der Waals surface area contributed by atoms with Crippen LogP contribution in [-0.4, -0.2) is 29.2 Å². The molecule has 0 unspecified atom stereocenters. The molecule has 1 aliphatic heterocycles. The zero-order valence-corrected chi connectivity index (χ0v) is 13.2. The van der Waals surface area contributed by atoms with Gasteiger partial charge in [0.2, 0.25) is 11.8 Å². The van der Waals surface area contributed by atoms with E-state index in [2.05, 4.69) is 5.32 Å². The molecule has 0 bridgehead atoms. The number of nitrogens with one attached hydrogen (secondary N) is 1. The maximum atomic E-state index is 12.7. The summed E-state index contributed by atoms with van der Waals surface area (Å²) in [4.78, 5) is 39.0. The quantitative estimate of drug-likeness (QED) is 0.689. The first-order valence-corrected chi connectivity index (χ1v) is 8.07. The molecular weight excluding hydrogens is 292 g/mol. The van der Waals surface area contributed by atoms with Crippen molar-refractivity contribution in [2.75, 3.05) is 11.9 Å². The van der Waals surface area contributed by atoms with Gasteiger partial charge in [-0.05, 0) is 50.3 Å². The highest BCUT2D eigenvalue weighted by molar-refractivity contribution is 6.18. The van der Waals surface area contributed by atoms with E-state index in [1.165, 1.54) is 4.90 Å². The van der Waals surface area contributed by atoms with E-state index in [4.69, 9.17) is 0 Å². The van der Waals surface area contributed by atoms with Gasteiger partial charge in [0.05, 0.1) is 0 Å². The third-order valence-electron chi connectivity index (χ3n) is 4.50. The maximum Gasteiger partial charge on any atom is 0.256 e. The van der Waals surface area contributed by atoms with Crippen molar-refractivity contribution in [1.82, 2.24) is 4.90 Å². The molecule has 0 radical (unpaired) electrons. The SMILES string of the molecule is CCN1C(=O)C2=C(CCCC2)[C@H](C(=O)Nc2ccccc2)C1=O. The molecule has 1 aromatic carbocycles. The number of benzene rings is 1. The standard InChI is InChI=1S/C18H20N2O3/c1-2-20-17(22)14-11-7-6-10-13(14)15(18(20)23)16(21)19-12-8-4-3-5-9-12/h3-5,8-9,15H,2,6-7,10-11H2,1H3,(H,19,21)/t15-/m1/s1. The number of anilines is 1. The molecule has 2 aliphatic rings. The number of rotatable bonds is 3. The lowest BCUT2D eigenvalue weighted by molar-refractivity contribution is -0.147. The highest BCUT2D eigenvalue weighted by atomic mass is 16.2. The Morgan fingerprint density at radius 2 is 1.87 bits per heavy atom. The zero-order valence-electron chi connectivity index (χ0n) is 13.2. The largest absolute Gasteiger partial charge is 0.325 e. The van der Waals surface area contributed by atoms with Gasteiger partial charge in [0.1, 0.15) is 5.92 Å². The van der Waals surface area contributed by atoms with Gasteiger partial charge in [0.15, 0.2) is 0 Å². The predicted molar refractivity (Wildman–Crippen MR) is 86.4 cm³/mol. The summed E-state index contributed by atoms with van der Waals surface area (Å²) in [5.74, 6) is -1.83. The lowest BCUT2D eigenvalue weighted by Crippen LogP contribution is -2.50. The maximum absolute atomic E-state index is 12.7. The van der Waals surface area contributed by atoms with Crippen LogP contribution < -0.4 is 5.32 Å². The number of hydrogen-bond acceptors (Lipinski definition) is 3.